The predicted molar refractivity (Wildman–Crippen MR) is 106 cm³/mol. The number of benzene rings is 2. The fourth-order valence-electron chi connectivity index (χ4n) is 3.77. The minimum atomic E-state index is -0.494. The number of nitrogens with two attached hydrogens (primary N) is 1. The highest BCUT2D eigenvalue weighted by Crippen LogP contribution is 2.43. The Morgan fingerprint density at radius 2 is 1.89 bits per heavy atom. The number of fused-ring (bicyclic) bond motifs is 2. The minimum Gasteiger partial charge on any atom is -0.374 e. The van der Waals surface area contributed by atoms with Gasteiger partial charge < -0.3 is 11.1 Å². The summed E-state index contributed by atoms with van der Waals surface area (Å²) in [7, 11) is 0. The van der Waals surface area contributed by atoms with Crippen molar-refractivity contribution in [3.05, 3.63) is 88.7 Å². The smallest absolute Gasteiger partial charge is 0.251 e. The highest BCUT2D eigenvalue weighted by Gasteiger charge is 2.28. The molecule has 1 aliphatic rings. The van der Waals surface area contributed by atoms with Crippen molar-refractivity contribution in [1.29, 1.82) is 0 Å². The van der Waals surface area contributed by atoms with Gasteiger partial charge in [0.2, 0.25) is 0 Å². The Balaban J connectivity index is 1.88. The molecule has 1 aliphatic heterocycles. The maximum Gasteiger partial charge on any atom is 0.251 e. The third kappa shape index (κ3) is 2.39. The monoisotopic (exact) mass is 374 g/mol. The minimum absolute atomic E-state index is 0.111. The van der Waals surface area contributed by atoms with Gasteiger partial charge in [-0.1, -0.05) is 41.9 Å². The molecular formula is C21H15ClN4O. The van der Waals surface area contributed by atoms with E-state index in [4.69, 9.17) is 17.3 Å². The molecule has 3 N–H and O–H groups in total. The maximum absolute atomic E-state index is 12.1. The van der Waals surface area contributed by atoms with E-state index in [0.29, 0.717) is 10.6 Å². The van der Waals surface area contributed by atoms with Crippen LogP contribution in [0.4, 0.5) is 5.69 Å². The predicted octanol–water partition coefficient (Wildman–Crippen LogP) is 4.27. The van der Waals surface area contributed by atoms with Gasteiger partial charge in [0.25, 0.3) is 5.91 Å². The third-order valence-electron chi connectivity index (χ3n) is 4.99. The van der Waals surface area contributed by atoms with Gasteiger partial charge in [-0.2, -0.15) is 5.10 Å². The van der Waals surface area contributed by atoms with E-state index in [1.165, 1.54) is 6.20 Å². The lowest BCUT2D eigenvalue weighted by atomic mass is 9.96. The number of rotatable bonds is 2. The van der Waals surface area contributed by atoms with Crippen LogP contribution in [0.25, 0.3) is 16.6 Å². The number of carbonyl (C=O) groups excluding carboxylic acids is 1. The zero-order valence-corrected chi connectivity index (χ0v) is 14.9. The number of hydrogen-bond acceptors (Lipinski definition) is 3. The Bertz CT molecular complexity index is 1200. The Hall–Kier alpha value is -3.31. The summed E-state index contributed by atoms with van der Waals surface area (Å²) in [6, 6.07) is 17.6. The average molecular weight is 375 g/mol. The molecule has 0 bridgehead atoms. The summed E-state index contributed by atoms with van der Waals surface area (Å²) in [5, 5.41) is 8.70. The summed E-state index contributed by atoms with van der Waals surface area (Å²) in [4.78, 5) is 12.1. The molecule has 5 nitrogen and oxygen atoms in total. The van der Waals surface area contributed by atoms with Crippen molar-refractivity contribution >= 4 is 28.7 Å². The van der Waals surface area contributed by atoms with Crippen LogP contribution in [0.2, 0.25) is 5.02 Å². The molecule has 0 saturated carbocycles. The molecule has 0 aliphatic carbocycles. The van der Waals surface area contributed by atoms with Crippen LogP contribution in [0.15, 0.2) is 67.0 Å². The average Bonchev–Trinajstić information content (AvgIpc) is 3.04. The second-order valence-corrected chi connectivity index (χ2v) is 6.97. The molecule has 1 atom stereocenters. The van der Waals surface area contributed by atoms with Crippen molar-refractivity contribution in [2.24, 2.45) is 5.73 Å². The van der Waals surface area contributed by atoms with E-state index in [0.717, 1.165) is 33.5 Å². The van der Waals surface area contributed by atoms with Crippen LogP contribution in [0.3, 0.4) is 0 Å². The van der Waals surface area contributed by atoms with E-state index in [1.54, 1.807) is 4.52 Å². The molecule has 0 radical (unpaired) electrons. The van der Waals surface area contributed by atoms with Crippen molar-refractivity contribution in [2.45, 2.75) is 6.04 Å². The summed E-state index contributed by atoms with van der Waals surface area (Å²) in [6.45, 7) is 0. The summed E-state index contributed by atoms with van der Waals surface area (Å²) < 4.78 is 1.80. The molecule has 3 heterocycles. The lowest BCUT2D eigenvalue weighted by Gasteiger charge is -2.19. The van der Waals surface area contributed by atoms with E-state index in [2.05, 4.69) is 10.4 Å². The zero-order chi connectivity index (χ0) is 18.5. The van der Waals surface area contributed by atoms with Gasteiger partial charge in [0.1, 0.15) is 0 Å². The van der Waals surface area contributed by atoms with Crippen LogP contribution in [-0.4, -0.2) is 15.5 Å². The maximum atomic E-state index is 12.1. The number of anilines is 1. The molecule has 132 valence electrons. The van der Waals surface area contributed by atoms with Gasteiger partial charge in [0.15, 0.2) is 0 Å². The van der Waals surface area contributed by atoms with Crippen molar-refractivity contribution in [3.63, 3.8) is 0 Å². The number of nitrogens with zero attached hydrogens (tertiary/aromatic N) is 2. The van der Waals surface area contributed by atoms with Gasteiger partial charge in [-0.05, 0) is 29.8 Å². The molecule has 1 unspecified atom stereocenters. The van der Waals surface area contributed by atoms with E-state index in [-0.39, 0.29) is 6.04 Å². The molecule has 6 heteroatoms. The molecule has 5 rings (SSSR count). The van der Waals surface area contributed by atoms with Crippen molar-refractivity contribution < 1.29 is 4.79 Å². The normalized spacial score (nSPS) is 15.1. The lowest BCUT2D eigenvalue weighted by molar-refractivity contribution is 0.100. The lowest BCUT2D eigenvalue weighted by Crippen LogP contribution is -2.14. The molecule has 1 amide bonds. The van der Waals surface area contributed by atoms with E-state index < -0.39 is 5.91 Å². The molecule has 2 aromatic heterocycles. The van der Waals surface area contributed by atoms with Gasteiger partial charge in [0, 0.05) is 33.6 Å². The molecule has 0 spiro atoms. The number of primary amides is 1. The third-order valence-corrected chi connectivity index (χ3v) is 5.24. The quantitative estimate of drug-likeness (QED) is 0.550. The number of para-hydroxylation sites is 1. The molecule has 27 heavy (non-hydrogen) atoms. The van der Waals surface area contributed by atoms with Crippen LogP contribution in [0.5, 0.6) is 0 Å². The van der Waals surface area contributed by atoms with Crippen LogP contribution < -0.4 is 11.1 Å². The van der Waals surface area contributed by atoms with Gasteiger partial charge in [-0.3, -0.25) is 4.79 Å². The Kier molecular flexibility index (Phi) is 3.45. The zero-order valence-electron chi connectivity index (χ0n) is 14.2. The topological polar surface area (TPSA) is 72.4 Å². The number of nitrogens with one attached hydrogen (secondary N) is 1. The summed E-state index contributed by atoms with van der Waals surface area (Å²) in [5.74, 6) is -0.494. The molecule has 2 aromatic carbocycles. The Labute approximate surface area is 160 Å². The summed E-state index contributed by atoms with van der Waals surface area (Å²) in [6.07, 6.45) is 3.44. The second-order valence-electron chi connectivity index (χ2n) is 6.54. The molecular weight excluding hydrogens is 360 g/mol. The standard InChI is InChI=1S/C21H15ClN4O/c22-13-7-5-12(6-8-13)19-15-9-10-26-20(15)18(16(11-24-26)21(23)27)14-3-1-2-4-17(14)25-19/h1-11,19,25H,(H2,23,27). The summed E-state index contributed by atoms with van der Waals surface area (Å²) in [5.41, 5.74) is 11.7. The van der Waals surface area contributed by atoms with Gasteiger partial charge in [-0.25, -0.2) is 4.52 Å². The van der Waals surface area contributed by atoms with Gasteiger partial charge >= 0.3 is 0 Å². The number of carbonyl (C=O) groups is 1. The number of halogens is 1. The second kappa shape index (κ2) is 5.86. The first-order valence-corrected chi connectivity index (χ1v) is 8.93. The number of hydrogen-bond donors (Lipinski definition) is 2. The van der Waals surface area contributed by atoms with E-state index >= 15 is 0 Å². The molecule has 0 fully saturated rings. The Morgan fingerprint density at radius 1 is 1.11 bits per heavy atom. The fourth-order valence-corrected chi connectivity index (χ4v) is 3.90. The molecule has 4 aromatic rings. The van der Waals surface area contributed by atoms with Gasteiger partial charge in [-0.15, -0.1) is 0 Å². The van der Waals surface area contributed by atoms with Crippen molar-refractivity contribution in [3.8, 4) is 11.1 Å². The fraction of sp³-hybridized carbons (Fsp3) is 0.0476. The van der Waals surface area contributed by atoms with Crippen LogP contribution in [-0.2, 0) is 0 Å². The summed E-state index contributed by atoms with van der Waals surface area (Å²) >= 11 is 6.07. The van der Waals surface area contributed by atoms with Gasteiger partial charge in [0.05, 0.1) is 23.3 Å². The Morgan fingerprint density at radius 3 is 2.67 bits per heavy atom. The first-order valence-electron chi connectivity index (χ1n) is 8.55. The van der Waals surface area contributed by atoms with Crippen molar-refractivity contribution in [1.82, 2.24) is 9.61 Å². The van der Waals surface area contributed by atoms with Crippen molar-refractivity contribution in [2.75, 3.05) is 5.32 Å². The highest BCUT2D eigenvalue weighted by molar-refractivity contribution is 6.30. The SMILES string of the molecule is NC(=O)c1cnn2ccc3c2c1-c1ccccc1NC3c1ccc(Cl)cc1. The van der Waals surface area contributed by atoms with Crippen LogP contribution >= 0.6 is 11.6 Å². The first-order chi connectivity index (χ1) is 13.1. The van der Waals surface area contributed by atoms with Crippen LogP contribution in [0, 0.1) is 0 Å². The largest absolute Gasteiger partial charge is 0.374 e. The van der Waals surface area contributed by atoms with E-state index in [9.17, 15) is 4.79 Å². The first kappa shape index (κ1) is 15.9. The van der Waals surface area contributed by atoms with Crippen LogP contribution in [0.1, 0.15) is 27.5 Å². The van der Waals surface area contributed by atoms with E-state index in [1.807, 2.05) is 60.8 Å². The number of amides is 1. The highest BCUT2D eigenvalue weighted by atomic mass is 35.5. The molecule has 0 saturated heterocycles. The number of aromatic nitrogens is 2.